The predicted molar refractivity (Wildman–Crippen MR) is 144 cm³/mol. The SMILES string of the molecule is Clc1ccc(C=Nc2ccc3nc(S[C@H](c4ccccc4)c4ccc(Cl)cc4)sc3c2)cc1. The Labute approximate surface area is 210 Å². The van der Waals surface area contributed by atoms with Gasteiger partial charge in [-0.05, 0) is 59.2 Å². The lowest BCUT2D eigenvalue weighted by molar-refractivity contribution is 1.14. The number of rotatable bonds is 6. The van der Waals surface area contributed by atoms with Crippen molar-refractivity contribution in [1.29, 1.82) is 0 Å². The van der Waals surface area contributed by atoms with Crippen molar-refractivity contribution in [1.82, 2.24) is 4.98 Å². The highest BCUT2D eigenvalue weighted by molar-refractivity contribution is 8.01. The lowest BCUT2D eigenvalue weighted by Gasteiger charge is -2.16. The fourth-order valence-corrected chi connectivity index (χ4v) is 6.09. The standard InChI is InChI=1S/C27H18Cl2N2S2/c28-21-10-6-18(7-11-21)17-30-23-14-15-24-25(16-23)32-27(31-24)33-26(19-4-2-1-3-5-19)20-8-12-22(29)13-9-20/h1-17,26H/t26-/m1/s1. The molecule has 0 saturated carbocycles. The van der Waals surface area contributed by atoms with Crippen molar-refractivity contribution in [3.05, 3.63) is 124 Å². The largest absolute Gasteiger partial charge is 0.256 e. The molecule has 1 aromatic heterocycles. The zero-order valence-corrected chi connectivity index (χ0v) is 20.5. The fourth-order valence-electron chi connectivity index (χ4n) is 3.42. The van der Waals surface area contributed by atoms with E-state index in [1.807, 2.05) is 60.8 Å². The summed E-state index contributed by atoms with van der Waals surface area (Å²) >= 11 is 15.5. The smallest absolute Gasteiger partial charge is 0.152 e. The average molecular weight is 505 g/mol. The number of thioether (sulfide) groups is 1. The van der Waals surface area contributed by atoms with Crippen molar-refractivity contribution >= 4 is 68.4 Å². The van der Waals surface area contributed by atoms with E-state index in [1.165, 1.54) is 11.1 Å². The third-order valence-electron chi connectivity index (χ3n) is 5.08. The van der Waals surface area contributed by atoms with Gasteiger partial charge >= 0.3 is 0 Å². The predicted octanol–water partition coefficient (Wildman–Crippen LogP) is 9.24. The van der Waals surface area contributed by atoms with E-state index in [4.69, 9.17) is 28.2 Å². The summed E-state index contributed by atoms with van der Waals surface area (Å²) in [5, 5.41) is 1.59. The third kappa shape index (κ3) is 5.48. The maximum absolute atomic E-state index is 6.13. The minimum Gasteiger partial charge on any atom is -0.256 e. The Morgan fingerprint density at radius 3 is 2.18 bits per heavy atom. The first-order chi connectivity index (χ1) is 16.1. The molecule has 5 aromatic rings. The van der Waals surface area contributed by atoms with E-state index >= 15 is 0 Å². The second kappa shape index (κ2) is 10.1. The molecule has 5 rings (SSSR count). The quantitative estimate of drug-likeness (QED) is 0.170. The first kappa shape index (κ1) is 22.2. The fraction of sp³-hybridized carbons (Fsp3) is 0.0370. The van der Waals surface area contributed by atoms with Crippen molar-refractivity contribution in [2.45, 2.75) is 9.59 Å². The van der Waals surface area contributed by atoms with Gasteiger partial charge in [0.25, 0.3) is 0 Å². The Kier molecular flexibility index (Phi) is 6.79. The maximum Gasteiger partial charge on any atom is 0.152 e. The molecule has 1 atom stereocenters. The van der Waals surface area contributed by atoms with Gasteiger partial charge in [0.2, 0.25) is 0 Å². The number of benzene rings is 4. The number of aromatic nitrogens is 1. The van der Waals surface area contributed by atoms with Gasteiger partial charge in [-0.3, -0.25) is 4.99 Å². The van der Waals surface area contributed by atoms with E-state index in [1.54, 1.807) is 23.1 Å². The number of aliphatic imine (C=N–C) groups is 1. The molecule has 0 radical (unpaired) electrons. The van der Waals surface area contributed by atoms with Crippen LogP contribution in [0.3, 0.4) is 0 Å². The van der Waals surface area contributed by atoms with Crippen molar-refractivity contribution in [3.63, 3.8) is 0 Å². The van der Waals surface area contributed by atoms with Gasteiger partial charge in [0, 0.05) is 16.3 Å². The first-order valence-corrected chi connectivity index (χ1v) is 12.8. The number of nitrogens with zero attached hydrogens (tertiary/aromatic N) is 2. The summed E-state index contributed by atoms with van der Waals surface area (Å²) in [7, 11) is 0. The Morgan fingerprint density at radius 1 is 0.788 bits per heavy atom. The molecule has 2 nitrogen and oxygen atoms in total. The number of hydrogen-bond donors (Lipinski definition) is 0. The molecule has 0 N–H and O–H groups in total. The summed E-state index contributed by atoms with van der Waals surface area (Å²) in [6.45, 7) is 0. The van der Waals surface area contributed by atoms with Gasteiger partial charge in [-0.25, -0.2) is 4.98 Å². The topological polar surface area (TPSA) is 25.2 Å². The molecular formula is C27H18Cl2N2S2. The number of fused-ring (bicyclic) bond motifs is 1. The van der Waals surface area contributed by atoms with Gasteiger partial charge in [-0.1, -0.05) is 89.6 Å². The normalized spacial score (nSPS) is 12.4. The molecular weight excluding hydrogens is 487 g/mol. The molecule has 0 spiro atoms. The monoisotopic (exact) mass is 504 g/mol. The van der Waals surface area contributed by atoms with Gasteiger partial charge in [-0.2, -0.15) is 0 Å². The molecule has 33 heavy (non-hydrogen) atoms. The molecule has 1 heterocycles. The molecule has 0 aliphatic carbocycles. The van der Waals surface area contributed by atoms with Crippen LogP contribution in [0.5, 0.6) is 0 Å². The van der Waals surface area contributed by atoms with Crippen molar-refractivity contribution in [2.75, 3.05) is 0 Å². The van der Waals surface area contributed by atoms with Gasteiger partial charge in [-0.15, -0.1) is 11.3 Å². The van der Waals surface area contributed by atoms with Gasteiger partial charge in [0.1, 0.15) is 0 Å². The average Bonchev–Trinajstić information content (AvgIpc) is 3.25. The van der Waals surface area contributed by atoms with Crippen LogP contribution in [0.15, 0.2) is 106 Å². The maximum atomic E-state index is 6.13. The summed E-state index contributed by atoms with van der Waals surface area (Å²) in [6, 6.07) is 32.3. The number of thiazole rings is 1. The lowest BCUT2D eigenvalue weighted by Crippen LogP contribution is -1.96. The first-order valence-electron chi connectivity index (χ1n) is 10.3. The summed E-state index contributed by atoms with van der Waals surface area (Å²) in [5.41, 5.74) is 5.32. The Bertz CT molecular complexity index is 1400. The summed E-state index contributed by atoms with van der Waals surface area (Å²) in [4.78, 5) is 9.50. The number of hydrogen-bond acceptors (Lipinski definition) is 4. The molecule has 162 valence electrons. The Hall–Kier alpha value is -2.63. The molecule has 0 amide bonds. The molecule has 0 aliphatic rings. The van der Waals surface area contributed by atoms with Crippen molar-refractivity contribution in [3.8, 4) is 0 Å². The molecule has 0 saturated heterocycles. The van der Waals surface area contributed by atoms with Crippen LogP contribution in [0.1, 0.15) is 21.9 Å². The van der Waals surface area contributed by atoms with Crippen LogP contribution in [0.25, 0.3) is 10.2 Å². The van der Waals surface area contributed by atoms with Gasteiger partial charge in [0.05, 0.1) is 21.2 Å². The van der Waals surface area contributed by atoms with Crippen molar-refractivity contribution in [2.24, 2.45) is 4.99 Å². The molecule has 0 bridgehead atoms. The molecule has 0 aliphatic heterocycles. The van der Waals surface area contributed by atoms with Gasteiger partial charge in [0.15, 0.2) is 4.34 Å². The van der Waals surface area contributed by atoms with E-state index in [0.29, 0.717) is 0 Å². The van der Waals surface area contributed by atoms with Crippen LogP contribution >= 0.6 is 46.3 Å². The zero-order valence-electron chi connectivity index (χ0n) is 17.4. The Balaban J connectivity index is 1.42. The minimum absolute atomic E-state index is 0.131. The van der Waals surface area contributed by atoms with E-state index in [-0.39, 0.29) is 5.25 Å². The van der Waals surface area contributed by atoms with Crippen LogP contribution < -0.4 is 0 Å². The molecule has 0 unspecified atom stereocenters. The van der Waals surface area contributed by atoms with E-state index in [9.17, 15) is 0 Å². The second-order valence-corrected chi connectivity index (χ2v) is 10.7. The van der Waals surface area contributed by atoms with Crippen molar-refractivity contribution < 1.29 is 0 Å². The van der Waals surface area contributed by atoms with E-state index in [0.717, 1.165) is 35.9 Å². The zero-order chi connectivity index (χ0) is 22.6. The highest BCUT2D eigenvalue weighted by Gasteiger charge is 2.18. The van der Waals surface area contributed by atoms with Crippen LogP contribution in [0.4, 0.5) is 5.69 Å². The highest BCUT2D eigenvalue weighted by atomic mass is 35.5. The molecule has 6 heteroatoms. The third-order valence-corrected chi connectivity index (χ3v) is 8.01. The lowest BCUT2D eigenvalue weighted by atomic mass is 10.0. The molecule has 4 aromatic carbocycles. The van der Waals surface area contributed by atoms with E-state index in [2.05, 4.69) is 47.5 Å². The van der Waals surface area contributed by atoms with Crippen LogP contribution in [-0.4, -0.2) is 11.2 Å². The van der Waals surface area contributed by atoms with E-state index < -0.39 is 0 Å². The second-order valence-electron chi connectivity index (χ2n) is 7.40. The van der Waals surface area contributed by atoms with Gasteiger partial charge < -0.3 is 0 Å². The van der Waals surface area contributed by atoms with Crippen LogP contribution in [0, 0.1) is 0 Å². The Morgan fingerprint density at radius 2 is 1.45 bits per heavy atom. The summed E-state index contributed by atoms with van der Waals surface area (Å²) < 4.78 is 2.14. The van der Waals surface area contributed by atoms with Crippen LogP contribution in [0.2, 0.25) is 10.0 Å². The number of halogens is 2. The molecule has 0 fully saturated rings. The van der Waals surface area contributed by atoms with Crippen LogP contribution in [-0.2, 0) is 0 Å². The summed E-state index contributed by atoms with van der Waals surface area (Å²) in [6.07, 6.45) is 1.85. The highest BCUT2D eigenvalue weighted by Crippen LogP contribution is 2.43. The summed E-state index contributed by atoms with van der Waals surface area (Å²) in [5.74, 6) is 0. The minimum atomic E-state index is 0.131.